The van der Waals surface area contributed by atoms with E-state index in [4.69, 9.17) is 0 Å². The third-order valence-corrected chi connectivity index (χ3v) is 3.74. The molecule has 0 N–H and O–H groups in total. The zero-order valence-corrected chi connectivity index (χ0v) is 12.6. The number of amides is 1. The van der Waals surface area contributed by atoms with Crippen LogP contribution in [0.3, 0.4) is 0 Å². The Balaban J connectivity index is 0.000000861. The number of hydrogen-bond acceptors (Lipinski definition) is 1. The monoisotopic (exact) mass is 261 g/mol. The molecular formula is C17H27NO. The minimum Gasteiger partial charge on any atom is -0.342 e. The van der Waals surface area contributed by atoms with Crippen molar-refractivity contribution in [2.24, 2.45) is 5.92 Å². The molecule has 0 unspecified atom stereocenters. The van der Waals surface area contributed by atoms with E-state index in [-0.39, 0.29) is 5.91 Å². The maximum atomic E-state index is 12.1. The molecule has 1 fully saturated rings. The summed E-state index contributed by atoms with van der Waals surface area (Å²) in [7, 11) is 0. The van der Waals surface area contributed by atoms with Gasteiger partial charge in [0.1, 0.15) is 0 Å². The number of rotatable bonds is 3. The fraction of sp³-hybridized carbons (Fsp3) is 0.588. The molecule has 1 aliphatic rings. The van der Waals surface area contributed by atoms with Crippen molar-refractivity contribution in [3.63, 3.8) is 0 Å². The highest BCUT2D eigenvalue weighted by Crippen LogP contribution is 2.20. The minimum atomic E-state index is 0.283. The molecule has 0 atom stereocenters. The van der Waals surface area contributed by atoms with Crippen LogP contribution in [0.5, 0.6) is 0 Å². The molecule has 1 amide bonds. The first-order chi connectivity index (χ1) is 9.29. The second-order valence-corrected chi connectivity index (χ2v) is 4.89. The molecule has 1 aromatic rings. The van der Waals surface area contributed by atoms with Gasteiger partial charge >= 0.3 is 0 Å². The average Bonchev–Trinajstić information content (AvgIpc) is 2.50. The summed E-state index contributed by atoms with van der Waals surface area (Å²) in [5.41, 5.74) is 1.12. The third kappa shape index (κ3) is 5.06. The van der Waals surface area contributed by atoms with Gasteiger partial charge in [0.05, 0.1) is 6.42 Å². The normalized spacial score (nSPS) is 15.6. The van der Waals surface area contributed by atoms with Gasteiger partial charge in [-0.05, 0) is 24.3 Å². The fourth-order valence-electron chi connectivity index (χ4n) is 2.47. The Labute approximate surface area is 117 Å². The van der Waals surface area contributed by atoms with Crippen molar-refractivity contribution in [1.82, 2.24) is 4.90 Å². The van der Waals surface area contributed by atoms with E-state index in [2.05, 4.69) is 6.92 Å². The summed E-state index contributed by atoms with van der Waals surface area (Å²) in [5, 5.41) is 0. The molecule has 2 nitrogen and oxygen atoms in total. The van der Waals surface area contributed by atoms with Gasteiger partial charge in [0.15, 0.2) is 0 Å². The molecular weight excluding hydrogens is 234 g/mol. The van der Waals surface area contributed by atoms with E-state index >= 15 is 0 Å². The van der Waals surface area contributed by atoms with Gasteiger partial charge < -0.3 is 4.90 Å². The number of hydrogen-bond donors (Lipinski definition) is 0. The minimum absolute atomic E-state index is 0.283. The van der Waals surface area contributed by atoms with Crippen LogP contribution >= 0.6 is 0 Å². The molecule has 0 saturated carbocycles. The largest absolute Gasteiger partial charge is 0.342 e. The van der Waals surface area contributed by atoms with Crippen molar-refractivity contribution in [3.05, 3.63) is 35.9 Å². The molecule has 2 rings (SSSR count). The summed E-state index contributed by atoms with van der Waals surface area (Å²) in [6.45, 7) is 8.14. The molecule has 0 bridgehead atoms. The van der Waals surface area contributed by atoms with Crippen LogP contribution in [-0.2, 0) is 11.2 Å². The standard InChI is InChI=1S/C15H21NO.C2H6/c1-2-13-8-10-16(11-9-13)15(17)12-14-6-4-3-5-7-14;1-2/h3-7,13H,2,8-12H2,1H3;1-2H3. The fourth-order valence-corrected chi connectivity index (χ4v) is 2.47. The van der Waals surface area contributed by atoms with Gasteiger partial charge in [0, 0.05) is 13.1 Å². The number of likely N-dealkylation sites (tertiary alicyclic amines) is 1. The highest BCUT2D eigenvalue weighted by Gasteiger charge is 2.21. The molecule has 0 aromatic heterocycles. The lowest BCUT2D eigenvalue weighted by molar-refractivity contribution is -0.131. The predicted octanol–water partition coefficient (Wildman–Crippen LogP) is 3.90. The number of carbonyl (C=O) groups is 1. The van der Waals surface area contributed by atoms with Crippen molar-refractivity contribution >= 4 is 5.91 Å². The molecule has 1 heterocycles. The van der Waals surface area contributed by atoms with Gasteiger partial charge in [-0.1, -0.05) is 57.5 Å². The maximum Gasteiger partial charge on any atom is 0.226 e. The second kappa shape index (κ2) is 8.73. The summed E-state index contributed by atoms with van der Waals surface area (Å²) in [6.07, 6.45) is 4.16. The lowest BCUT2D eigenvalue weighted by Gasteiger charge is -2.31. The summed E-state index contributed by atoms with van der Waals surface area (Å²) in [6, 6.07) is 10.0. The van der Waals surface area contributed by atoms with Crippen molar-refractivity contribution in [1.29, 1.82) is 0 Å². The topological polar surface area (TPSA) is 20.3 Å². The summed E-state index contributed by atoms with van der Waals surface area (Å²) in [5.74, 6) is 1.11. The van der Waals surface area contributed by atoms with Gasteiger partial charge in [-0.15, -0.1) is 0 Å². The van der Waals surface area contributed by atoms with Crippen molar-refractivity contribution in [2.75, 3.05) is 13.1 Å². The Bertz CT molecular complexity index is 353. The van der Waals surface area contributed by atoms with E-state index in [0.717, 1.165) is 24.6 Å². The Hall–Kier alpha value is -1.31. The van der Waals surface area contributed by atoms with Gasteiger partial charge in [-0.25, -0.2) is 0 Å². The molecule has 2 heteroatoms. The first-order valence-electron chi connectivity index (χ1n) is 7.61. The number of carbonyl (C=O) groups excluding carboxylic acids is 1. The van der Waals surface area contributed by atoms with Crippen molar-refractivity contribution < 1.29 is 4.79 Å². The molecule has 1 aromatic carbocycles. The highest BCUT2D eigenvalue weighted by molar-refractivity contribution is 5.78. The van der Waals surface area contributed by atoms with Crippen LogP contribution < -0.4 is 0 Å². The Morgan fingerprint density at radius 1 is 1.16 bits per heavy atom. The van der Waals surface area contributed by atoms with Crippen LogP contribution in [0, 0.1) is 5.92 Å². The van der Waals surface area contributed by atoms with Crippen molar-refractivity contribution in [3.8, 4) is 0 Å². The quantitative estimate of drug-likeness (QED) is 0.808. The summed E-state index contributed by atoms with van der Waals surface area (Å²) < 4.78 is 0. The highest BCUT2D eigenvalue weighted by atomic mass is 16.2. The van der Waals surface area contributed by atoms with Gasteiger partial charge in [0.2, 0.25) is 5.91 Å². The maximum absolute atomic E-state index is 12.1. The Morgan fingerprint density at radius 2 is 1.74 bits per heavy atom. The Kier molecular flexibility index (Phi) is 7.24. The van der Waals surface area contributed by atoms with Crippen LogP contribution in [0.1, 0.15) is 45.6 Å². The molecule has 19 heavy (non-hydrogen) atoms. The number of nitrogens with zero attached hydrogens (tertiary/aromatic N) is 1. The molecule has 1 aliphatic heterocycles. The Morgan fingerprint density at radius 3 is 2.26 bits per heavy atom. The smallest absolute Gasteiger partial charge is 0.226 e. The number of piperidine rings is 1. The van der Waals surface area contributed by atoms with E-state index in [1.807, 2.05) is 49.1 Å². The molecule has 0 spiro atoms. The van der Waals surface area contributed by atoms with Crippen molar-refractivity contribution in [2.45, 2.75) is 46.5 Å². The van der Waals surface area contributed by atoms with E-state index in [1.165, 1.54) is 19.3 Å². The average molecular weight is 261 g/mol. The van der Waals surface area contributed by atoms with E-state index in [1.54, 1.807) is 0 Å². The van der Waals surface area contributed by atoms with Gasteiger partial charge in [-0.3, -0.25) is 4.79 Å². The second-order valence-electron chi connectivity index (χ2n) is 4.89. The van der Waals surface area contributed by atoms with Gasteiger partial charge in [-0.2, -0.15) is 0 Å². The zero-order valence-electron chi connectivity index (χ0n) is 12.6. The third-order valence-electron chi connectivity index (χ3n) is 3.74. The predicted molar refractivity (Wildman–Crippen MR) is 81.1 cm³/mol. The summed E-state index contributed by atoms with van der Waals surface area (Å²) in [4.78, 5) is 14.1. The number of benzene rings is 1. The van der Waals surface area contributed by atoms with Gasteiger partial charge in [0.25, 0.3) is 0 Å². The van der Waals surface area contributed by atoms with Crippen LogP contribution in [-0.4, -0.2) is 23.9 Å². The zero-order chi connectivity index (χ0) is 14.1. The molecule has 0 aliphatic carbocycles. The van der Waals surface area contributed by atoms with Crippen LogP contribution in [0.15, 0.2) is 30.3 Å². The first-order valence-corrected chi connectivity index (χ1v) is 7.61. The molecule has 0 radical (unpaired) electrons. The molecule has 106 valence electrons. The first kappa shape index (κ1) is 15.7. The lowest BCUT2D eigenvalue weighted by atomic mass is 9.94. The lowest BCUT2D eigenvalue weighted by Crippen LogP contribution is -2.39. The van der Waals surface area contributed by atoms with Crippen LogP contribution in [0.25, 0.3) is 0 Å². The van der Waals surface area contributed by atoms with E-state index in [9.17, 15) is 4.79 Å². The van der Waals surface area contributed by atoms with E-state index < -0.39 is 0 Å². The van der Waals surface area contributed by atoms with Crippen LogP contribution in [0.2, 0.25) is 0 Å². The van der Waals surface area contributed by atoms with Crippen LogP contribution in [0.4, 0.5) is 0 Å². The summed E-state index contributed by atoms with van der Waals surface area (Å²) >= 11 is 0. The van der Waals surface area contributed by atoms with E-state index in [0.29, 0.717) is 6.42 Å². The molecule has 1 saturated heterocycles. The SMILES string of the molecule is CC.CCC1CCN(C(=O)Cc2ccccc2)CC1.